The molecule has 1 aromatic carbocycles. The number of ether oxygens (including phenoxy) is 1. The minimum Gasteiger partial charge on any atom is -0.481 e. The third kappa shape index (κ3) is 4.34. The molecule has 0 aromatic heterocycles. The summed E-state index contributed by atoms with van der Waals surface area (Å²) in [4.78, 5) is 43.9. The largest absolute Gasteiger partial charge is 0.481 e. The number of benzene rings is 1. The highest BCUT2D eigenvalue weighted by Crippen LogP contribution is 2.64. The highest BCUT2D eigenvalue weighted by Gasteiger charge is 2.78. The molecule has 2 bridgehead atoms. The number of unbranched alkanes of at least 4 members (excludes halogenated alkanes) is 3. The van der Waals surface area contributed by atoms with Crippen LogP contribution in [0.5, 0.6) is 0 Å². The first-order chi connectivity index (χ1) is 17.3. The SMILES string of the molecule is C=CCN(Cc1ccccc1)C(=O)C1N(CCCCCCO)C(=O)[C@@H]2[C@H](C(=O)O)[C@]3(CC)CCC12O3. The van der Waals surface area contributed by atoms with E-state index in [0.717, 1.165) is 18.4 Å². The third-order valence-corrected chi connectivity index (χ3v) is 8.37. The number of aliphatic hydroxyl groups excluding tert-OH is 1. The number of carboxylic acid groups (broad SMARTS) is 1. The average molecular weight is 499 g/mol. The number of hydrogen-bond acceptors (Lipinski definition) is 5. The minimum atomic E-state index is -1.13. The Bertz CT molecular complexity index is 984. The van der Waals surface area contributed by atoms with Crippen molar-refractivity contribution >= 4 is 17.8 Å². The predicted octanol–water partition coefficient (Wildman–Crippen LogP) is 2.99. The Morgan fingerprint density at radius 3 is 2.56 bits per heavy atom. The second kappa shape index (κ2) is 10.7. The molecule has 3 saturated heterocycles. The summed E-state index contributed by atoms with van der Waals surface area (Å²) in [6, 6.07) is 8.79. The zero-order chi connectivity index (χ0) is 25.9. The summed E-state index contributed by atoms with van der Waals surface area (Å²) in [5, 5.41) is 19.3. The molecule has 3 aliphatic rings. The Labute approximate surface area is 212 Å². The van der Waals surface area contributed by atoms with Crippen LogP contribution in [0.2, 0.25) is 0 Å². The summed E-state index contributed by atoms with van der Waals surface area (Å²) in [7, 11) is 0. The molecule has 36 heavy (non-hydrogen) atoms. The lowest BCUT2D eigenvalue weighted by molar-refractivity contribution is -0.158. The molecule has 196 valence electrons. The molecule has 4 rings (SSSR count). The molecule has 0 aliphatic carbocycles. The van der Waals surface area contributed by atoms with Crippen molar-refractivity contribution in [2.45, 2.75) is 75.7 Å². The summed E-state index contributed by atoms with van der Waals surface area (Å²) >= 11 is 0. The van der Waals surface area contributed by atoms with E-state index in [-0.39, 0.29) is 18.4 Å². The molecule has 1 spiro atoms. The molecule has 0 radical (unpaired) electrons. The highest BCUT2D eigenvalue weighted by molar-refractivity contribution is 5.98. The maximum atomic E-state index is 14.2. The topological polar surface area (TPSA) is 107 Å². The van der Waals surface area contributed by atoms with Gasteiger partial charge in [0.25, 0.3) is 0 Å². The molecule has 3 fully saturated rings. The monoisotopic (exact) mass is 498 g/mol. The van der Waals surface area contributed by atoms with Crippen LogP contribution in [0.1, 0.15) is 57.4 Å². The first kappa shape index (κ1) is 26.4. The molecular formula is C28H38N2O6. The van der Waals surface area contributed by atoms with Crippen LogP contribution < -0.4 is 0 Å². The van der Waals surface area contributed by atoms with Crippen molar-refractivity contribution in [3.8, 4) is 0 Å². The smallest absolute Gasteiger partial charge is 0.310 e. The van der Waals surface area contributed by atoms with Crippen LogP contribution in [-0.4, -0.2) is 74.7 Å². The van der Waals surface area contributed by atoms with E-state index in [4.69, 9.17) is 9.84 Å². The first-order valence-electron chi connectivity index (χ1n) is 13.1. The second-order valence-corrected chi connectivity index (χ2v) is 10.3. The molecule has 3 aliphatic heterocycles. The van der Waals surface area contributed by atoms with Crippen LogP contribution in [0.3, 0.4) is 0 Å². The van der Waals surface area contributed by atoms with Crippen LogP contribution in [-0.2, 0) is 25.7 Å². The normalized spacial score (nSPS) is 30.4. The summed E-state index contributed by atoms with van der Waals surface area (Å²) in [6.45, 7) is 6.89. The summed E-state index contributed by atoms with van der Waals surface area (Å²) < 4.78 is 6.60. The number of aliphatic carboxylic acids is 1. The fourth-order valence-corrected chi connectivity index (χ4v) is 6.73. The van der Waals surface area contributed by atoms with Gasteiger partial charge in [-0.2, -0.15) is 0 Å². The lowest BCUT2D eigenvalue weighted by atomic mass is 9.65. The average Bonchev–Trinajstić information content (AvgIpc) is 3.47. The quantitative estimate of drug-likeness (QED) is 0.320. The number of likely N-dealkylation sites (tertiary alicyclic amines) is 1. The molecule has 8 heteroatoms. The summed E-state index contributed by atoms with van der Waals surface area (Å²) in [5.41, 5.74) is -1.08. The Morgan fingerprint density at radius 2 is 1.92 bits per heavy atom. The van der Waals surface area contributed by atoms with Crippen LogP contribution in [0.25, 0.3) is 0 Å². The lowest BCUT2D eigenvalue weighted by Gasteiger charge is -2.37. The number of amides is 2. The van der Waals surface area contributed by atoms with Gasteiger partial charge < -0.3 is 24.7 Å². The molecule has 2 N–H and O–H groups in total. The fraction of sp³-hybridized carbons (Fsp3) is 0.607. The van der Waals surface area contributed by atoms with Crippen molar-refractivity contribution in [2.24, 2.45) is 11.8 Å². The second-order valence-electron chi connectivity index (χ2n) is 10.3. The van der Waals surface area contributed by atoms with Crippen LogP contribution in [0.15, 0.2) is 43.0 Å². The van der Waals surface area contributed by atoms with Crippen molar-refractivity contribution in [2.75, 3.05) is 19.7 Å². The molecule has 3 heterocycles. The summed E-state index contributed by atoms with van der Waals surface area (Å²) in [5.74, 6) is -3.35. The van der Waals surface area contributed by atoms with Gasteiger partial charge in [0.15, 0.2) is 0 Å². The predicted molar refractivity (Wildman–Crippen MR) is 134 cm³/mol. The van der Waals surface area contributed by atoms with Crippen LogP contribution >= 0.6 is 0 Å². The lowest BCUT2D eigenvalue weighted by Crippen LogP contribution is -2.56. The van der Waals surface area contributed by atoms with Crippen LogP contribution in [0, 0.1) is 11.8 Å². The number of rotatable bonds is 13. The molecule has 8 nitrogen and oxygen atoms in total. The van der Waals surface area contributed by atoms with Crippen LogP contribution in [0.4, 0.5) is 0 Å². The van der Waals surface area contributed by atoms with E-state index in [1.54, 1.807) is 15.9 Å². The van der Waals surface area contributed by atoms with Gasteiger partial charge in [-0.1, -0.05) is 56.2 Å². The number of carboxylic acids is 1. The molecule has 2 unspecified atom stereocenters. The Balaban J connectivity index is 1.69. The van der Waals surface area contributed by atoms with E-state index >= 15 is 0 Å². The summed E-state index contributed by atoms with van der Waals surface area (Å²) in [6.07, 6.45) is 6.18. The number of hydrogen-bond donors (Lipinski definition) is 2. The van der Waals surface area contributed by atoms with Gasteiger partial charge in [-0.3, -0.25) is 14.4 Å². The van der Waals surface area contributed by atoms with Gasteiger partial charge in [0.1, 0.15) is 17.6 Å². The van der Waals surface area contributed by atoms with E-state index in [1.807, 2.05) is 37.3 Å². The number of nitrogens with zero attached hydrogens (tertiary/aromatic N) is 2. The zero-order valence-corrected chi connectivity index (χ0v) is 21.1. The van der Waals surface area contributed by atoms with Gasteiger partial charge in [-0.05, 0) is 37.7 Å². The number of carbonyl (C=O) groups is 3. The molecule has 1 aromatic rings. The Morgan fingerprint density at radius 1 is 1.19 bits per heavy atom. The van der Waals surface area contributed by atoms with Crippen molar-refractivity contribution in [1.82, 2.24) is 9.80 Å². The molecular weight excluding hydrogens is 460 g/mol. The number of fused-ring (bicyclic) bond motifs is 1. The van der Waals surface area contributed by atoms with Gasteiger partial charge in [0.2, 0.25) is 11.8 Å². The van der Waals surface area contributed by atoms with Crippen molar-refractivity contribution in [3.05, 3.63) is 48.6 Å². The standard InChI is InChI=1S/C28H38N2O6/c1-3-16-29(19-20-12-8-7-9-13-20)25(33)23-28-15-14-27(4-2,36-28)22(26(34)35)21(28)24(32)30(23)17-10-5-6-11-18-31/h3,7-9,12-13,21-23,31H,1,4-6,10-11,14-19H2,2H3,(H,34,35)/t21-,22+,23?,27-,28?/m0/s1. The highest BCUT2D eigenvalue weighted by atomic mass is 16.5. The van der Waals surface area contributed by atoms with E-state index in [2.05, 4.69) is 6.58 Å². The van der Waals surface area contributed by atoms with E-state index in [1.165, 1.54) is 0 Å². The first-order valence-corrected chi connectivity index (χ1v) is 13.1. The van der Waals surface area contributed by atoms with E-state index in [0.29, 0.717) is 51.7 Å². The number of aliphatic hydroxyl groups is 1. The van der Waals surface area contributed by atoms with E-state index < -0.39 is 35.0 Å². The van der Waals surface area contributed by atoms with Gasteiger partial charge in [0.05, 0.1) is 11.5 Å². The minimum absolute atomic E-state index is 0.123. The Kier molecular flexibility index (Phi) is 7.85. The number of carbonyl (C=O) groups excluding carboxylic acids is 2. The zero-order valence-electron chi connectivity index (χ0n) is 21.1. The van der Waals surface area contributed by atoms with Crippen molar-refractivity contribution in [3.63, 3.8) is 0 Å². The maximum absolute atomic E-state index is 14.2. The maximum Gasteiger partial charge on any atom is 0.310 e. The Hall–Kier alpha value is -2.71. The van der Waals surface area contributed by atoms with Gasteiger partial charge in [0, 0.05) is 26.2 Å². The van der Waals surface area contributed by atoms with Gasteiger partial charge in [-0.25, -0.2) is 0 Å². The van der Waals surface area contributed by atoms with Gasteiger partial charge in [-0.15, -0.1) is 6.58 Å². The van der Waals surface area contributed by atoms with Gasteiger partial charge >= 0.3 is 5.97 Å². The van der Waals surface area contributed by atoms with E-state index in [9.17, 15) is 19.5 Å². The fourth-order valence-electron chi connectivity index (χ4n) is 6.73. The molecule has 2 amide bonds. The van der Waals surface area contributed by atoms with Crippen molar-refractivity contribution in [1.29, 1.82) is 0 Å². The third-order valence-electron chi connectivity index (χ3n) is 8.37. The molecule has 5 atom stereocenters. The van der Waals surface area contributed by atoms with Crippen molar-refractivity contribution < 1.29 is 29.3 Å². The molecule has 0 saturated carbocycles.